The van der Waals surface area contributed by atoms with Crippen molar-refractivity contribution in [3.05, 3.63) is 35.1 Å². The number of fused-ring (bicyclic) bond motifs is 2. The van der Waals surface area contributed by atoms with E-state index >= 15 is 4.39 Å². The van der Waals surface area contributed by atoms with Gasteiger partial charge in [0.2, 0.25) is 5.91 Å². The molecule has 10 heteroatoms. The van der Waals surface area contributed by atoms with Gasteiger partial charge in [0, 0.05) is 35.5 Å². The van der Waals surface area contributed by atoms with Crippen LogP contribution in [0.2, 0.25) is 5.02 Å². The number of nitrogens with zero attached hydrogens (tertiary/aromatic N) is 3. The van der Waals surface area contributed by atoms with Crippen LogP contribution in [-0.4, -0.2) is 34.2 Å². The Morgan fingerprint density at radius 1 is 1.32 bits per heavy atom. The number of carbonyl (C=O) groups excluding carboxylic acids is 1. The van der Waals surface area contributed by atoms with Gasteiger partial charge in [0.25, 0.3) is 0 Å². The topological polar surface area (TPSA) is 114 Å². The first-order chi connectivity index (χ1) is 14.9. The van der Waals surface area contributed by atoms with Gasteiger partial charge < -0.3 is 16.4 Å². The third-order valence-electron chi connectivity index (χ3n) is 5.87. The van der Waals surface area contributed by atoms with Crippen molar-refractivity contribution in [1.29, 1.82) is 0 Å². The Bertz CT molecular complexity index is 1320. The molecule has 1 fully saturated rings. The molecule has 5 rings (SSSR count). The molecule has 4 aromatic rings. The van der Waals surface area contributed by atoms with Crippen LogP contribution in [0.5, 0.6) is 0 Å². The van der Waals surface area contributed by atoms with Crippen LogP contribution in [0.1, 0.15) is 19.3 Å². The summed E-state index contributed by atoms with van der Waals surface area (Å²) >= 11 is 7.94. The highest BCUT2D eigenvalue weighted by Crippen LogP contribution is 2.41. The lowest BCUT2D eigenvalue weighted by molar-refractivity contribution is -0.122. The van der Waals surface area contributed by atoms with Crippen LogP contribution in [-0.2, 0) is 4.79 Å². The second kappa shape index (κ2) is 7.65. The third-order valence-corrected chi connectivity index (χ3v) is 7.02. The largest absolute Gasteiger partial charge is 0.375 e. The Morgan fingerprint density at radius 2 is 2.16 bits per heavy atom. The number of H-pyrrole nitrogens is 1. The summed E-state index contributed by atoms with van der Waals surface area (Å²) in [6, 6.07) is 7.25. The van der Waals surface area contributed by atoms with E-state index < -0.39 is 5.82 Å². The van der Waals surface area contributed by atoms with Gasteiger partial charge in [-0.1, -0.05) is 35.1 Å². The standard InChI is InChI=1S/C21H20ClFN6OS/c22-13-9-12-18(27-28-20(12)29-7-2-3-10(6-8-29)19(24)30)16(23)15(13)11-4-1-5-14-17(11)26-21(25)31-14/h1,4-5,9-10H,2-3,6-8H2,(H2,24,30)(H2,25,26)(H,27,28). The summed E-state index contributed by atoms with van der Waals surface area (Å²) in [6.07, 6.45) is 2.20. The highest BCUT2D eigenvalue weighted by atomic mass is 35.5. The Labute approximate surface area is 186 Å². The first-order valence-electron chi connectivity index (χ1n) is 9.99. The molecule has 3 heterocycles. The molecule has 0 saturated carbocycles. The first-order valence-corrected chi connectivity index (χ1v) is 11.2. The number of halogens is 2. The number of nitrogens with two attached hydrogens (primary N) is 2. The number of anilines is 2. The van der Waals surface area contributed by atoms with Gasteiger partial charge in [-0.25, -0.2) is 9.37 Å². The highest BCUT2D eigenvalue weighted by molar-refractivity contribution is 7.22. The molecule has 1 aliphatic heterocycles. The van der Waals surface area contributed by atoms with Crippen molar-refractivity contribution in [3.63, 3.8) is 0 Å². The number of hydrogen-bond donors (Lipinski definition) is 3. The average molecular weight is 459 g/mol. The van der Waals surface area contributed by atoms with E-state index in [1.54, 1.807) is 12.1 Å². The van der Waals surface area contributed by atoms with E-state index in [1.807, 2.05) is 12.1 Å². The second-order valence-corrected chi connectivity index (χ2v) is 9.21. The van der Waals surface area contributed by atoms with Gasteiger partial charge in [-0.3, -0.25) is 9.89 Å². The normalized spacial score (nSPS) is 17.4. The Kier molecular flexibility index (Phi) is 4.94. The van der Waals surface area contributed by atoms with Gasteiger partial charge in [-0.2, -0.15) is 5.10 Å². The van der Waals surface area contributed by atoms with Gasteiger partial charge >= 0.3 is 0 Å². The fraction of sp³-hybridized carbons (Fsp3) is 0.286. The predicted octanol–water partition coefficient (Wildman–Crippen LogP) is 4.31. The van der Waals surface area contributed by atoms with Crippen LogP contribution in [0, 0.1) is 11.7 Å². The molecule has 1 atom stereocenters. The molecule has 2 aromatic heterocycles. The summed E-state index contributed by atoms with van der Waals surface area (Å²) in [7, 11) is 0. The number of rotatable bonds is 3. The van der Waals surface area contributed by atoms with Crippen LogP contribution in [0.15, 0.2) is 24.3 Å². The zero-order valence-electron chi connectivity index (χ0n) is 16.5. The molecular weight excluding hydrogens is 439 g/mol. The van der Waals surface area contributed by atoms with Crippen molar-refractivity contribution in [3.8, 4) is 11.1 Å². The first kappa shape index (κ1) is 20.0. The highest BCUT2D eigenvalue weighted by Gasteiger charge is 2.26. The Morgan fingerprint density at radius 3 is 2.97 bits per heavy atom. The second-order valence-electron chi connectivity index (χ2n) is 7.74. The van der Waals surface area contributed by atoms with E-state index in [4.69, 9.17) is 23.1 Å². The number of benzene rings is 2. The number of amides is 1. The monoisotopic (exact) mass is 458 g/mol. The zero-order valence-corrected chi connectivity index (χ0v) is 18.1. The van der Waals surface area contributed by atoms with Gasteiger partial charge in [-0.15, -0.1) is 0 Å². The molecule has 1 aliphatic rings. The van der Waals surface area contributed by atoms with Crippen LogP contribution in [0.4, 0.5) is 15.3 Å². The molecule has 1 unspecified atom stereocenters. The van der Waals surface area contributed by atoms with Gasteiger partial charge in [-0.05, 0) is 31.4 Å². The fourth-order valence-electron chi connectivity index (χ4n) is 4.32. The number of aromatic nitrogens is 3. The number of aromatic amines is 1. The fourth-order valence-corrected chi connectivity index (χ4v) is 5.38. The zero-order chi connectivity index (χ0) is 21.7. The molecule has 1 saturated heterocycles. The maximum absolute atomic E-state index is 15.7. The molecule has 2 aromatic carbocycles. The summed E-state index contributed by atoms with van der Waals surface area (Å²) in [4.78, 5) is 18.0. The summed E-state index contributed by atoms with van der Waals surface area (Å²) in [5, 5.41) is 8.52. The maximum atomic E-state index is 15.7. The number of hydrogen-bond acceptors (Lipinski definition) is 6. The smallest absolute Gasteiger partial charge is 0.220 e. The van der Waals surface area contributed by atoms with E-state index in [9.17, 15) is 4.79 Å². The third kappa shape index (κ3) is 3.37. The molecule has 0 spiro atoms. The van der Waals surface area contributed by atoms with Gasteiger partial charge in [0.15, 0.2) is 16.8 Å². The number of primary amides is 1. The van der Waals surface area contributed by atoms with Gasteiger partial charge in [0.05, 0.1) is 15.2 Å². The number of carbonyl (C=O) groups is 1. The summed E-state index contributed by atoms with van der Waals surface area (Å²) < 4.78 is 16.6. The van der Waals surface area contributed by atoms with E-state index in [0.29, 0.717) is 46.9 Å². The quantitative estimate of drug-likeness (QED) is 0.423. The predicted molar refractivity (Wildman–Crippen MR) is 123 cm³/mol. The average Bonchev–Trinajstić information content (AvgIpc) is 3.22. The molecule has 0 bridgehead atoms. The molecule has 7 nitrogen and oxygen atoms in total. The van der Waals surface area contributed by atoms with Crippen molar-refractivity contribution < 1.29 is 9.18 Å². The van der Waals surface area contributed by atoms with Crippen molar-refractivity contribution in [2.75, 3.05) is 23.7 Å². The van der Waals surface area contributed by atoms with Crippen molar-refractivity contribution in [2.45, 2.75) is 19.3 Å². The van der Waals surface area contributed by atoms with E-state index in [1.165, 1.54) is 11.3 Å². The minimum absolute atomic E-state index is 0.145. The van der Waals surface area contributed by atoms with Crippen molar-refractivity contribution >= 4 is 60.9 Å². The lowest BCUT2D eigenvalue weighted by Gasteiger charge is -2.20. The maximum Gasteiger partial charge on any atom is 0.220 e. The molecule has 0 aliphatic carbocycles. The van der Waals surface area contributed by atoms with E-state index in [2.05, 4.69) is 20.1 Å². The SMILES string of the molecule is NC(=O)C1CCCN(c2n[nH]c3c(F)c(-c4cccc5sc(N)nc45)c(Cl)cc23)CC1. The lowest BCUT2D eigenvalue weighted by Crippen LogP contribution is -2.27. The Balaban J connectivity index is 1.59. The number of nitrogens with one attached hydrogen (secondary N) is 1. The number of thiazole rings is 1. The molecule has 160 valence electrons. The van der Waals surface area contributed by atoms with Crippen LogP contribution >= 0.6 is 22.9 Å². The van der Waals surface area contributed by atoms with Crippen molar-refractivity contribution in [2.24, 2.45) is 11.7 Å². The molecule has 31 heavy (non-hydrogen) atoms. The van der Waals surface area contributed by atoms with Gasteiger partial charge in [0.1, 0.15) is 5.52 Å². The van der Waals surface area contributed by atoms with E-state index in [-0.39, 0.29) is 27.9 Å². The van der Waals surface area contributed by atoms with E-state index in [0.717, 1.165) is 17.5 Å². The summed E-state index contributed by atoms with van der Waals surface area (Å²) in [6.45, 7) is 1.33. The number of para-hydroxylation sites is 1. The molecule has 1 amide bonds. The van der Waals surface area contributed by atoms with Crippen LogP contribution in [0.3, 0.4) is 0 Å². The summed E-state index contributed by atoms with van der Waals surface area (Å²) in [5.41, 5.74) is 13.1. The van der Waals surface area contributed by atoms with Crippen molar-refractivity contribution in [1.82, 2.24) is 15.2 Å². The summed E-state index contributed by atoms with van der Waals surface area (Å²) in [5.74, 6) is -0.272. The minimum Gasteiger partial charge on any atom is -0.375 e. The van der Waals surface area contributed by atoms with Crippen LogP contribution in [0.25, 0.3) is 32.2 Å². The van der Waals surface area contributed by atoms with Crippen LogP contribution < -0.4 is 16.4 Å². The lowest BCUT2D eigenvalue weighted by atomic mass is 10.0. The minimum atomic E-state index is -0.481. The number of nitrogen functional groups attached to an aromatic ring is 1. The Hall–Kier alpha value is -2.91. The molecular formula is C21H20ClFN6OS. The molecule has 0 radical (unpaired) electrons. The molecule has 5 N–H and O–H groups in total.